The third-order valence-corrected chi connectivity index (χ3v) is 3.45. The molecule has 1 aromatic heterocycles. The molecule has 0 spiro atoms. The second-order valence-corrected chi connectivity index (χ2v) is 4.87. The minimum atomic E-state index is 0.187. The molecule has 2 heterocycles. The van der Waals surface area contributed by atoms with Crippen molar-refractivity contribution in [1.82, 2.24) is 9.88 Å². The van der Waals surface area contributed by atoms with Crippen LogP contribution in [-0.2, 0) is 11.3 Å². The van der Waals surface area contributed by atoms with Gasteiger partial charge in [-0.25, -0.2) is 4.98 Å². The van der Waals surface area contributed by atoms with Crippen LogP contribution in [0.25, 0.3) is 0 Å². The summed E-state index contributed by atoms with van der Waals surface area (Å²) in [5, 5.41) is 9.00. The Bertz CT molecular complexity index is 478. The first-order valence-corrected chi connectivity index (χ1v) is 6.32. The molecule has 1 aliphatic heterocycles. The second-order valence-electron chi connectivity index (χ2n) is 4.87. The van der Waals surface area contributed by atoms with Crippen molar-refractivity contribution in [2.75, 3.05) is 6.54 Å². The number of aromatic nitrogens is 1. The van der Waals surface area contributed by atoms with E-state index < -0.39 is 0 Å². The largest absolute Gasteiger partial charge is 0.338 e. The highest BCUT2D eigenvalue weighted by Crippen LogP contribution is 2.19. The number of hydrogen-bond donors (Lipinski definition) is 0. The van der Waals surface area contributed by atoms with Gasteiger partial charge in [0.2, 0.25) is 5.91 Å². The highest BCUT2D eigenvalue weighted by molar-refractivity contribution is 5.76. The number of likely N-dealkylation sites (tertiary alicyclic amines) is 1. The van der Waals surface area contributed by atoms with Gasteiger partial charge in [-0.3, -0.25) is 4.79 Å². The van der Waals surface area contributed by atoms with Crippen molar-refractivity contribution < 1.29 is 4.79 Å². The molecular weight excluding hydrogens is 226 g/mol. The summed E-state index contributed by atoms with van der Waals surface area (Å²) in [6.45, 7) is 3.46. The van der Waals surface area contributed by atoms with Gasteiger partial charge in [-0.15, -0.1) is 0 Å². The number of pyridine rings is 1. The molecule has 0 bridgehead atoms. The Morgan fingerprint density at radius 2 is 2.39 bits per heavy atom. The molecule has 1 aliphatic rings. The van der Waals surface area contributed by atoms with Crippen LogP contribution in [0.3, 0.4) is 0 Å². The standard InChI is InChI=1S/C14H17N3O/c1-11-4-5-14(18)17(8-6-11)10-12-3-2-7-16-13(12)9-15/h2-3,7,11H,4-6,8,10H2,1H3. The summed E-state index contributed by atoms with van der Waals surface area (Å²) in [6, 6.07) is 5.75. The van der Waals surface area contributed by atoms with Gasteiger partial charge in [-0.2, -0.15) is 5.26 Å². The van der Waals surface area contributed by atoms with Crippen LogP contribution in [-0.4, -0.2) is 22.3 Å². The maximum Gasteiger partial charge on any atom is 0.222 e. The Labute approximate surface area is 107 Å². The molecular formula is C14H17N3O. The topological polar surface area (TPSA) is 57.0 Å². The third kappa shape index (κ3) is 2.86. The summed E-state index contributed by atoms with van der Waals surface area (Å²) >= 11 is 0. The fourth-order valence-corrected chi connectivity index (χ4v) is 2.21. The SMILES string of the molecule is CC1CCC(=O)N(Cc2cccnc2C#N)CC1. The minimum Gasteiger partial charge on any atom is -0.338 e. The first-order chi connectivity index (χ1) is 8.70. The smallest absolute Gasteiger partial charge is 0.222 e. The van der Waals surface area contributed by atoms with Crippen LogP contribution >= 0.6 is 0 Å². The first-order valence-electron chi connectivity index (χ1n) is 6.32. The van der Waals surface area contributed by atoms with Gasteiger partial charge >= 0.3 is 0 Å². The average molecular weight is 243 g/mol. The molecule has 0 aliphatic carbocycles. The van der Waals surface area contributed by atoms with E-state index in [0.717, 1.165) is 24.9 Å². The zero-order valence-electron chi connectivity index (χ0n) is 10.6. The van der Waals surface area contributed by atoms with Crippen LogP contribution in [0.1, 0.15) is 37.4 Å². The molecule has 1 fully saturated rings. The zero-order chi connectivity index (χ0) is 13.0. The minimum absolute atomic E-state index is 0.187. The Balaban J connectivity index is 2.13. The molecule has 1 amide bonds. The molecule has 1 atom stereocenters. The lowest BCUT2D eigenvalue weighted by Crippen LogP contribution is -2.30. The Kier molecular flexibility index (Phi) is 3.93. The van der Waals surface area contributed by atoms with Gasteiger partial charge in [0.05, 0.1) is 0 Å². The molecule has 94 valence electrons. The summed E-state index contributed by atoms with van der Waals surface area (Å²) in [6.07, 6.45) is 4.22. The molecule has 4 heteroatoms. The van der Waals surface area contributed by atoms with Crippen molar-refractivity contribution in [3.8, 4) is 6.07 Å². The second kappa shape index (κ2) is 5.63. The van der Waals surface area contributed by atoms with E-state index in [1.54, 1.807) is 12.3 Å². The molecule has 0 aromatic carbocycles. The van der Waals surface area contributed by atoms with Gasteiger partial charge in [0.1, 0.15) is 11.8 Å². The predicted molar refractivity (Wildman–Crippen MR) is 67.4 cm³/mol. The fraction of sp³-hybridized carbons (Fsp3) is 0.500. The first kappa shape index (κ1) is 12.6. The highest BCUT2D eigenvalue weighted by atomic mass is 16.2. The van der Waals surface area contributed by atoms with E-state index in [2.05, 4.69) is 18.0 Å². The lowest BCUT2D eigenvalue weighted by molar-refractivity contribution is -0.131. The summed E-state index contributed by atoms with van der Waals surface area (Å²) in [5.74, 6) is 0.787. The van der Waals surface area contributed by atoms with Gasteiger partial charge in [-0.1, -0.05) is 13.0 Å². The normalized spacial score (nSPS) is 20.3. The maximum atomic E-state index is 12.0. The third-order valence-electron chi connectivity index (χ3n) is 3.45. The van der Waals surface area contributed by atoms with Crippen molar-refractivity contribution in [2.45, 2.75) is 32.7 Å². The molecule has 0 saturated carbocycles. The number of rotatable bonds is 2. The van der Waals surface area contributed by atoms with Crippen LogP contribution in [0.5, 0.6) is 0 Å². The molecule has 1 unspecified atom stereocenters. The number of nitriles is 1. The molecule has 18 heavy (non-hydrogen) atoms. The number of nitrogens with zero attached hydrogens (tertiary/aromatic N) is 3. The Morgan fingerprint density at radius 3 is 3.17 bits per heavy atom. The number of amides is 1. The van der Waals surface area contributed by atoms with E-state index in [9.17, 15) is 4.79 Å². The van der Waals surface area contributed by atoms with E-state index in [1.165, 1.54) is 0 Å². The van der Waals surface area contributed by atoms with E-state index in [4.69, 9.17) is 5.26 Å². The van der Waals surface area contributed by atoms with E-state index in [-0.39, 0.29) is 5.91 Å². The molecule has 0 N–H and O–H groups in total. The summed E-state index contributed by atoms with van der Waals surface area (Å²) in [7, 11) is 0. The van der Waals surface area contributed by atoms with Crippen molar-refractivity contribution in [3.05, 3.63) is 29.6 Å². The number of carbonyl (C=O) groups excluding carboxylic acids is 1. The average Bonchev–Trinajstić information content (AvgIpc) is 2.55. The van der Waals surface area contributed by atoms with Gasteiger partial charge in [-0.05, 0) is 24.8 Å². The van der Waals surface area contributed by atoms with Gasteiger partial charge in [0.15, 0.2) is 0 Å². The molecule has 1 saturated heterocycles. The van der Waals surface area contributed by atoms with E-state index in [1.807, 2.05) is 11.0 Å². The van der Waals surface area contributed by atoms with Crippen LogP contribution in [0.2, 0.25) is 0 Å². The van der Waals surface area contributed by atoms with Gasteiger partial charge < -0.3 is 4.90 Å². The van der Waals surface area contributed by atoms with Crippen LogP contribution in [0.15, 0.2) is 18.3 Å². The summed E-state index contributed by atoms with van der Waals surface area (Å²) in [5.41, 5.74) is 1.26. The predicted octanol–water partition coefficient (Wildman–Crippen LogP) is 2.10. The van der Waals surface area contributed by atoms with E-state index in [0.29, 0.717) is 24.6 Å². The lowest BCUT2D eigenvalue weighted by atomic mass is 10.0. The lowest BCUT2D eigenvalue weighted by Gasteiger charge is -2.20. The van der Waals surface area contributed by atoms with Gasteiger partial charge in [0.25, 0.3) is 0 Å². The van der Waals surface area contributed by atoms with Crippen molar-refractivity contribution >= 4 is 5.91 Å². The molecule has 2 rings (SSSR count). The zero-order valence-corrected chi connectivity index (χ0v) is 10.6. The van der Waals surface area contributed by atoms with Crippen molar-refractivity contribution in [2.24, 2.45) is 5.92 Å². The van der Waals surface area contributed by atoms with Crippen LogP contribution < -0.4 is 0 Å². The quantitative estimate of drug-likeness (QED) is 0.799. The fourth-order valence-electron chi connectivity index (χ4n) is 2.21. The van der Waals surface area contributed by atoms with Crippen LogP contribution in [0, 0.1) is 17.2 Å². The highest BCUT2D eigenvalue weighted by Gasteiger charge is 2.21. The van der Waals surface area contributed by atoms with Gasteiger partial charge in [0, 0.05) is 31.3 Å². The monoisotopic (exact) mass is 243 g/mol. The summed E-state index contributed by atoms with van der Waals surface area (Å²) < 4.78 is 0. The molecule has 0 radical (unpaired) electrons. The summed E-state index contributed by atoms with van der Waals surface area (Å²) in [4.78, 5) is 17.9. The number of carbonyl (C=O) groups is 1. The Hall–Kier alpha value is -1.89. The number of hydrogen-bond acceptors (Lipinski definition) is 3. The van der Waals surface area contributed by atoms with Crippen molar-refractivity contribution in [1.29, 1.82) is 5.26 Å². The Morgan fingerprint density at radius 1 is 1.56 bits per heavy atom. The molecule has 4 nitrogen and oxygen atoms in total. The van der Waals surface area contributed by atoms with Crippen molar-refractivity contribution in [3.63, 3.8) is 0 Å². The van der Waals surface area contributed by atoms with Crippen LogP contribution in [0.4, 0.5) is 0 Å². The molecule has 1 aromatic rings. The van der Waals surface area contributed by atoms with E-state index >= 15 is 0 Å². The maximum absolute atomic E-state index is 12.0.